The van der Waals surface area contributed by atoms with Gasteiger partial charge in [0.2, 0.25) is 0 Å². The Labute approximate surface area is 106 Å². The number of benzene rings is 1. The molecule has 100 valence electrons. The molecule has 0 amide bonds. The predicted octanol–water partition coefficient (Wildman–Crippen LogP) is 0.602. The number of hydrogen-bond donors (Lipinski definition) is 3. The van der Waals surface area contributed by atoms with Gasteiger partial charge < -0.3 is 20.1 Å². The average molecular weight is 254 g/mol. The Morgan fingerprint density at radius 1 is 1.22 bits per heavy atom. The normalized spacial score (nSPS) is 14.3. The number of aryl methyl sites for hydroxylation is 1. The Morgan fingerprint density at radius 3 is 2.22 bits per heavy atom. The van der Waals surface area contributed by atoms with E-state index >= 15 is 0 Å². The first-order valence-electron chi connectivity index (χ1n) is 5.77. The highest BCUT2D eigenvalue weighted by Crippen LogP contribution is 2.12. The van der Waals surface area contributed by atoms with E-state index in [9.17, 15) is 9.90 Å². The summed E-state index contributed by atoms with van der Waals surface area (Å²) in [4.78, 5) is 11.8. The molecule has 0 saturated carbocycles. The first kappa shape index (κ1) is 14.6. The molecule has 0 aliphatic carbocycles. The van der Waals surface area contributed by atoms with Crippen LogP contribution in [0.4, 0.5) is 0 Å². The molecule has 0 fully saturated rings. The van der Waals surface area contributed by atoms with E-state index in [1.807, 2.05) is 6.92 Å². The molecule has 3 N–H and O–H groups in total. The fourth-order valence-electron chi connectivity index (χ4n) is 1.48. The largest absolute Gasteiger partial charge is 0.456 e. The maximum atomic E-state index is 11.8. The van der Waals surface area contributed by atoms with Gasteiger partial charge in [0.05, 0.1) is 5.56 Å². The van der Waals surface area contributed by atoms with Crippen LogP contribution in [0.3, 0.4) is 0 Å². The van der Waals surface area contributed by atoms with E-state index in [4.69, 9.17) is 14.9 Å². The second-order valence-electron chi connectivity index (χ2n) is 4.12. The third-order valence-electron chi connectivity index (χ3n) is 2.63. The molecule has 2 atom stereocenters. The number of esters is 1. The van der Waals surface area contributed by atoms with Crippen LogP contribution in [0, 0.1) is 6.92 Å². The van der Waals surface area contributed by atoms with E-state index in [1.54, 1.807) is 31.2 Å². The van der Waals surface area contributed by atoms with Crippen molar-refractivity contribution in [3.8, 4) is 0 Å². The minimum atomic E-state index is -1.93. The van der Waals surface area contributed by atoms with Gasteiger partial charge in [0.15, 0.2) is 6.29 Å². The summed E-state index contributed by atoms with van der Waals surface area (Å²) >= 11 is 0. The lowest BCUT2D eigenvalue weighted by molar-refractivity contribution is -0.159. The smallest absolute Gasteiger partial charge is 0.338 e. The molecular weight excluding hydrogens is 236 g/mol. The quantitative estimate of drug-likeness (QED) is 0.529. The van der Waals surface area contributed by atoms with Gasteiger partial charge in [-0.15, -0.1) is 0 Å². The molecular formula is C13H18O5. The number of hydrogen-bond acceptors (Lipinski definition) is 5. The molecule has 18 heavy (non-hydrogen) atoms. The van der Waals surface area contributed by atoms with E-state index in [0.29, 0.717) is 5.56 Å². The highest BCUT2D eigenvalue weighted by Gasteiger charge is 2.27. The van der Waals surface area contributed by atoms with Crippen molar-refractivity contribution in [3.63, 3.8) is 0 Å². The Bertz CT molecular complexity index is 385. The lowest BCUT2D eigenvalue weighted by Crippen LogP contribution is -2.39. The molecule has 5 nitrogen and oxygen atoms in total. The summed E-state index contributed by atoms with van der Waals surface area (Å²) in [7, 11) is 0. The predicted molar refractivity (Wildman–Crippen MR) is 64.9 cm³/mol. The highest BCUT2D eigenvalue weighted by molar-refractivity contribution is 5.89. The number of aliphatic hydroxyl groups excluding tert-OH is 2. The summed E-state index contributed by atoms with van der Waals surface area (Å²) in [6.07, 6.45) is -4.10. The van der Waals surface area contributed by atoms with Crippen LogP contribution in [0.2, 0.25) is 0 Å². The summed E-state index contributed by atoms with van der Waals surface area (Å²) in [5.41, 5.74) is 1.38. The number of aliphatic hydroxyl groups is 3. The summed E-state index contributed by atoms with van der Waals surface area (Å²) in [5, 5.41) is 27.2. The Hall–Kier alpha value is -1.43. The van der Waals surface area contributed by atoms with Crippen LogP contribution in [0.25, 0.3) is 0 Å². The maximum absolute atomic E-state index is 11.8. The zero-order valence-electron chi connectivity index (χ0n) is 10.4. The van der Waals surface area contributed by atoms with Crippen molar-refractivity contribution < 1.29 is 24.9 Å². The van der Waals surface area contributed by atoms with Gasteiger partial charge in [0.1, 0.15) is 12.2 Å². The van der Waals surface area contributed by atoms with Crippen molar-refractivity contribution in [3.05, 3.63) is 35.4 Å². The number of carbonyl (C=O) groups excluding carboxylic acids is 1. The first-order chi connectivity index (χ1) is 8.45. The second kappa shape index (κ2) is 6.49. The van der Waals surface area contributed by atoms with Gasteiger partial charge in [0.25, 0.3) is 0 Å². The van der Waals surface area contributed by atoms with Crippen molar-refractivity contribution >= 4 is 5.97 Å². The van der Waals surface area contributed by atoms with Crippen molar-refractivity contribution in [2.24, 2.45) is 0 Å². The molecule has 0 spiro atoms. The van der Waals surface area contributed by atoms with Gasteiger partial charge in [-0.05, 0) is 25.5 Å². The van der Waals surface area contributed by atoms with E-state index in [2.05, 4.69) is 0 Å². The molecule has 0 radical (unpaired) electrons. The van der Waals surface area contributed by atoms with Crippen molar-refractivity contribution in [1.82, 2.24) is 0 Å². The third kappa shape index (κ3) is 3.80. The standard InChI is InChI=1S/C13H18O5/c1-3-10(11(14)12(15)16)18-13(17)9-6-4-8(2)5-7-9/h4-7,10-12,14-16H,3H2,1-2H3. The van der Waals surface area contributed by atoms with Crippen molar-refractivity contribution in [2.45, 2.75) is 38.8 Å². The minimum Gasteiger partial charge on any atom is -0.456 e. The Balaban J connectivity index is 2.70. The van der Waals surface area contributed by atoms with Crippen LogP contribution in [0.15, 0.2) is 24.3 Å². The van der Waals surface area contributed by atoms with Gasteiger partial charge in [0, 0.05) is 0 Å². The molecule has 5 heteroatoms. The summed E-state index contributed by atoms with van der Waals surface area (Å²) in [6.45, 7) is 3.58. The van der Waals surface area contributed by atoms with Crippen LogP contribution in [0.1, 0.15) is 29.3 Å². The van der Waals surface area contributed by atoms with E-state index in [-0.39, 0.29) is 6.42 Å². The average Bonchev–Trinajstić information content (AvgIpc) is 2.35. The fourth-order valence-corrected chi connectivity index (χ4v) is 1.48. The zero-order chi connectivity index (χ0) is 13.7. The van der Waals surface area contributed by atoms with Crippen LogP contribution in [-0.2, 0) is 4.74 Å². The molecule has 0 aliphatic heterocycles. The van der Waals surface area contributed by atoms with Gasteiger partial charge in [-0.1, -0.05) is 24.6 Å². The molecule has 0 saturated heterocycles. The van der Waals surface area contributed by atoms with E-state index in [1.165, 1.54) is 0 Å². The second-order valence-corrected chi connectivity index (χ2v) is 4.12. The molecule has 1 aromatic rings. The zero-order valence-corrected chi connectivity index (χ0v) is 10.4. The molecule has 1 rings (SSSR count). The molecule has 0 aliphatic rings. The van der Waals surface area contributed by atoms with Crippen LogP contribution in [0.5, 0.6) is 0 Å². The topological polar surface area (TPSA) is 87.0 Å². The molecule has 0 bridgehead atoms. The van der Waals surface area contributed by atoms with Crippen LogP contribution in [-0.4, -0.2) is 39.8 Å². The van der Waals surface area contributed by atoms with Gasteiger partial charge in [-0.3, -0.25) is 0 Å². The number of carbonyl (C=O) groups is 1. The number of ether oxygens (including phenoxy) is 1. The summed E-state index contributed by atoms with van der Waals surface area (Å²) < 4.78 is 5.04. The van der Waals surface area contributed by atoms with E-state index in [0.717, 1.165) is 5.56 Å². The highest BCUT2D eigenvalue weighted by atomic mass is 16.6. The Morgan fingerprint density at radius 2 is 1.78 bits per heavy atom. The van der Waals surface area contributed by atoms with Crippen LogP contribution < -0.4 is 0 Å². The monoisotopic (exact) mass is 254 g/mol. The maximum Gasteiger partial charge on any atom is 0.338 e. The SMILES string of the molecule is CCC(OC(=O)c1ccc(C)cc1)C(O)C(O)O. The lowest BCUT2D eigenvalue weighted by Gasteiger charge is -2.23. The fraction of sp³-hybridized carbons (Fsp3) is 0.462. The van der Waals surface area contributed by atoms with Crippen molar-refractivity contribution in [2.75, 3.05) is 0 Å². The third-order valence-corrected chi connectivity index (χ3v) is 2.63. The van der Waals surface area contributed by atoms with Gasteiger partial charge >= 0.3 is 5.97 Å². The minimum absolute atomic E-state index is 0.288. The molecule has 0 heterocycles. The number of rotatable bonds is 5. The molecule has 1 aromatic carbocycles. The summed E-state index contributed by atoms with van der Waals surface area (Å²) in [5.74, 6) is -0.596. The van der Waals surface area contributed by atoms with Gasteiger partial charge in [-0.25, -0.2) is 4.79 Å². The van der Waals surface area contributed by atoms with E-state index < -0.39 is 24.5 Å². The first-order valence-corrected chi connectivity index (χ1v) is 5.77. The lowest BCUT2D eigenvalue weighted by atomic mass is 10.1. The molecule has 2 unspecified atom stereocenters. The molecule has 0 aromatic heterocycles. The van der Waals surface area contributed by atoms with Crippen LogP contribution >= 0.6 is 0 Å². The van der Waals surface area contributed by atoms with Crippen molar-refractivity contribution in [1.29, 1.82) is 0 Å². The van der Waals surface area contributed by atoms with Gasteiger partial charge in [-0.2, -0.15) is 0 Å². The Kier molecular flexibility index (Phi) is 5.27. The summed E-state index contributed by atoms with van der Waals surface area (Å²) in [6, 6.07) is 6.78.